The molecule has 0 aliphatic heterocycles. The van der Waals surface area contributed by atoms with Crippen LogP contribution in [0.5, 0.6) is 0 Å². The number of rotatable bonds is 10. The highest BCUT2D eigenvalue weighted by molar-refractivity contribution is 5.80. The van der Waals surface area contributed by atoms with Crippen LogP contribution in [0.4, 0.5) is 0 Å². The molecule has 0 fully saturated rings. The number of hydrogen-bond acceptors (Lipinski definition) is 2. The van der Waals surface area contributed by atoms with Crippen molar-refractivity contribution in [1.82, 2.24) is 14.9 Å². The highest BCUT2D eigenvalue weighted by Gasteiger charge is 2.18. The normalized spacial score (nSPS) is 12.1. The topological polar surface area (TPSA) is 46.9 Å². The van der Waals surface area contributed by atoms with Gasteiger partial charge in [-0.05, 0) is 42.2 Å². The molecule has 170 valence electrons. The zero-order chi connectivity index (χ0) is 23.0. The van der Waals surface area contributed by atoms with Crippen LogP contribution in [0.15, 0.2) is 78.9 Å². The monoisotopic (exact) mass is 439 g/mol. The van der Waals surface area contributed by atoms with Gasteiger partial charge in [-0.1, -0.05) is 92.9 Å². The summed E-state index contributed by atoms with van der Waals surface area (Å²) in [4.78, 5) is 17.7. The third-order valence-electron chi connectivity index (χ3n) is 6.11. The van der Waals surface area contributed by atoms with E-state index in [1.54, 1.807) is 0 Å². The third kappa shape index (κ3) is 5.70. The number of imidazole rings is 1. The van der Waals surface area contributed by atoms with Crippen molar-refractivity contribution < 1.29 is 4.79 Å². The van der Waals surface area contributed by atoms with E-state index < -0.39 is 0 Å². The van der Waals surface area contributed by atoms with Crippen molar-refractivity contribution >= 4 is 16.9 Å². The SMILES string of the molecule is CCCCCCn1c(C(C)NC(=O)Cc2ccc(-c3ccccc3)cc2)nc2ccccc21. The largest absolute Gasteiger partial charge is 0.346 e. The quantitative estimate of drug-likeness (QED) is 0.279. The number of carbonyl (C=O) groups excluding carboxylic acids is 1. The zero-order valence-corrected chi connectivity index (χ0v) is 19.6. The van der Waals surface area contributed by atoms with E-state index in [0.29, 0.717) is 6.42 Å². The number of nitrogens with zero attached hydrogens (tertiary/aromatic N) is 2. The van der Waals surface area contributed by atoms with Gasteiger partial charge < -0.3 is 9.88 Å². The summed E-state index contributed by atoms with van der Waals surface area (Å²) in [5.41, 5.74) is 5.47. The smallest absolute Gasteiger partial charge is 0.224 e. The summed E-state index contributed by atoms with van der Waals surface area (Å²) in [6.45, 7) is 5.18. The van der Waals surface area contributed by atoms with Gasteiger partial charge >= 0.3 is 0 Å². The Labute approximate surface area is 196 Å². The van der Waals surface area contributed by atoms with Crippen molar-refractivity contribution in [2.24, 2.45) is 0 Å². The van der Waals surface area contributed by atoms with Crippen molar-refractivity contribution in [3.63, 3.8) is 0 Å². The fourth-order valence-electron chi connectivity index (χ4n) is 4.34. The Balaban J connectivity index is 1.43. The van der Waals surface area contributed by atoms with Crippen molar-refractivity contribution in [2.45, 2.75) is 58.5 Å². The van der Waals surface area contributed by atoms with Gasteiger partial charge in [-0.2, -0.15) is 0 Å². The number of unbranched alkanes of at least 4 members (excludes halogenated alkanes) is 3. The predicted molar refractivity (Wildman–Crippen MR) is 136 cm³/mol. The van der Waals surface area contributed by atoms with Crippen molar-refractivity contribution in [3.8, 4) is 11.1 Å². The molecule has 1 aromatic heterocycles. The molecule has 4 rings (SSSR count). The van der Waals surface area contributed by atoms with Crippen LogP contribution in [-0.4, -0.2) is 15.5 Å². The van der Waals surface area contributed by atoms with Gasteiger partial charge in [-0.25, -0.2) is 4.98 Å². The molecule has 0 aliphatic carbocycles. The first-order chi connectivity index (χ1) is 16.2. The van der Waals surface area contributed by atoms with Gasteiger partial charge in [0, 0.05) is 6.54 Å². The molecule has 1 amide bonds. The van der Waals surface area contributed by atoms with Crippen LogP contribution < -0.4 is 5.32 Å². The number of aryl methyl sites for hydroxylation is 1. The average Bonchev–Trinajstić information content (AvgIpc) is 3.21. The Kier molecular flexibility index (Phi) is 7.56. The minimum atomic E-state index is -0.153. The Morgan fingerprint density at radius 3 is 2.33 bits per heavy atom. The van der Waals surface area contributed by atoms with Crippen LogP contribution in [0, 0.1) is 0 Å². The lowest BCUT2D eigenvalue weighted by Crippen LogP contribution is -2.30. The number of aromatic nitrogens is 2. The lowest BCUT2D eigenvalue weighted by Gasteiger charge is -2.16. The van der Waals surface area contributed by atoms with E-state index in [1.807, 2.05) is 49.4 Å². The summed E-state index contributed by atoms with van der Waals surface area (Å²) in [7, 11) is 0. The van der Waals surface area contributed by atoms with E-state index in [9.17, 15) is 4.79 Å². The Morgan fingerprint density at radius 2 is 1.58 bits per heavy atom. The summed E-state index contributed by atoms with van der Waals surface area (Å²) < 4.78 is 2.28. The maximum Gasteiger partial charge on any atom is 0.224 e. The second kappa shape index (κ2) is 11.0. The number of nitrogens with one attached hydrogen (secondary N) is 1. The van der Waals surface area contributed by atoms with Crippen molar-refractivity contribution in [2.75, 3.05) is 0 Å². The number of carbonyl (C=O) groups is 1. The predicted octanol–water partition coefficient (Wildman–Crippen LogP) is 6.70. The number of hydrogen-bond donors (Lipinski definition) is 1. The Morgan fingerprint density at radius 1 is 0.879 bits per heavy atom. The molecule has 0 aliphatic rings. The third-order valence-corrected chi connectivity index (χ3v) is 6.11. The molecule has 4 heteroatoms. The molecule has 0 spiro atoms. The molecule has 4 aromatic rings. The minimum Gasteiger partial charge on any atom is -0.346 e. The second-order valence-corrected chi connectivity index (χ2v) is 8.70. The first kappa shape index (κ1) is 22.8. The van der Waals surface area contributed by atoms with E-state index in [4.69, 9.17) is 4.98 Å². The Bertz CT molecular complexity index is 1180. The van der Waals surface area contributed by atoms with Gasteiger partial charge in [0.25, 0.3) is 0 Å². The fraction of sp³-hybridized carbons (Fsp3) is 0.310. The summed E-state index contributed by atoms with van der Waals surface area (Å²) in [5, 5.41) is 3.17. The molecule has 33 heavy (non-hydrogen) atoms. The first-order valence-corrected chi connectivity index (χ1v) is 12.0. The maximum absolute atomic E-state index is 12.8. The molecule has 1 heterocycles. The molecule has 0 radical (unpaired) electrons. The van der Waals surface area contributed by atoms with Crippen molar-refractivity contribution in [3.05, 3.63) is 90.3 Å². The van der Waals surface area contributed by atoms with Gasteiger partial charge in [0.15, 0.2) is 0 Å². The number of para-hydroxylation sites is 2. The molecule has 3 aromatic carbocycles. The van der Waals surface area contributed by atoms with Crippen LogP contribution in [0.3, 0.4) is 0 Å². The van der Waals surface area contributed by atoms with Crippen molar-refractivity contribution in [1.29, 1.82) is 0 Å². The molecule has 1 unspecified atom stereocenters. The number of benzene rings is 3. The lowest BCUT2D eigenvalue weighted by molar-refractivity contribution is -0.121. The highest BCUT2D eigenvalue weighted by atomic mass is 16.1. The standard InChI is InChI=1S/C29H33N3O/c1-3-4-5-11-20-32-27-15-10-9-14-26(27)31-29(32)22(2)30-28(33)21-23-16-18-25(19-17-23)24-12-7-6-8-13-24/h6-10,12-19,22H,3-5,11,20-21H2,1-2H3,(H,30,33). The fourth-order valence-corrected chi connectivity index (χ4v) is 4.34. The van der Waals surface area contributed by atoms with Crippen LogP contribution in [0.1, 0.15) is 57.0 Å². The molecule has 4 nitrogen and oxygen atoms in total. The van der Waals surface area contributed by atoms with E-state index in [0.717, 1.165) is 41.0 Å². The molecular formula is C29H33N3O. The summed E-state index contributed by atoms with van der Waals surface area (Å²) in [5.74, 6) is 0.944. The van der Waals surface area contributed by atoms with Crippen LogP contribution in [0.2, 0.25) is 0 Å². The first-order valence-electron chi connectivity index (χ1n) is 12.0. The van der Waals surface area contributed by atoms with E-state index in [1.165, 1.54) is 24.8 Å². The van der Waals surface area contributed by atoms with Gasteiger partial charge in [0.2, 0.25) is 5.91 Å². The molecule has 1 N–H and O–H groups in total. The minimum absolute atomic E-state index is 0.0135. The highest BCUT2D eigenvalue weighted by Crippen LogP contribution is 2.23. The Hall–Kier alpha value is -3.40. The van der Waals surface area contributed by atoms with E-state index in [2.05, 4.69) is 53.2 Å². The maximum atomic E-state index is 12.8. The van der Waals surface area contributed by atoms with E-state index in [-0.39, 0.29) is 11.9 Å². The average molecular weight is 440 g/mol. The summed E-state index contributed by atoms with van der Waals surface area (Å²) in [6, 6.07) is 26.6. The van der Waals surface area contributed by atoms with E-state index >= 15 is 0 Å². The molecule has 0 bridgehead atoms. The van der Waals surface area contributed by atoms with Crippen LogP contribution >= 0.6 is 0 Å². The van der Waals surface area contributed by atoms with Gasteiger partial charge in [0.1, 0.15) is 5.82 Å². The van der Waals surface area contributed by atoms with Gasteiger partial charge in [0.05, 0.1) is 23.5 Å². The number of amides is 1. The second-order valence-electron chi connectivity index (χ2n) is 8.70. The molecule has 0 saturated carbocycles. The van der Waals surface area contributed by atoms with Gasteiger partial charge in [-0.3, -0.25) is 4.79 Å². The van der Waals surface area contributed by atoms with Crippen LogP contribution in [-0.2, 0) is 17.8 Å². The molecular weight excluding hydrogens is 406 g/mol. The number of fused-ring (bicyclic) bond motifs is 1. The summed E-state index contributed by atoms with van der Waals surface area (Å²) in [6.07, 6.45) is 5.15. The summed E-state index contributed by atoms with van der Waals surface area (Å²) >= 11 is 0. The molecule has 1 atom stereocenters. The van der Waals surface area contributed by atoms with Gasteiger partial charge in [-0.15, -0.1) is 0 Å². The van der Waals surface area contributed by atoms with Crippen LogP contribution in [0.25, 0.3) is 22.2 Å². The molecule has 0 saturated heterocycles. The lowest BCUT2D eigenvalue weighted by atomic mass is 10.0. The zero-order valence-electron chi connectivity index (χ0n) is 19.6.